The molecule has 0 bridgehead atoms. The second-order valence-electron chi connectivity index (χ2n) is 7.29. The summed E-state index contributed by atoms with van der Waals surface area (Å²) < 4.78 is 11.2. The van der Waals surface area contributed by atoms with E-state index in [4.69, 9.17) is 9.47 Å². The van der Waals surface area contributed by atoms with Crippen molar-refractivity contribution < 1.29 is 9.47 Å². The van der Waals surface area contributed by atoms with Crippen LogP contribution in [0.15, 0.2) is 6.07 Å². The number of methoxy groups -OCH3 is 1. The first-order valence-electron chi connectivity index (χ1n) is 8.63. The molecular formula is C17H26N4O2. The first-order valence-corrected chi connectivity index (χ1v) is 8.63. The van der Waals surface area contributed by atoms with E-state index in [2.05, 4.69) is 19.8 Å². The maximum Gasteiger partial charge on any atom is 0.228 e. The lowest BCUT2D eigenvalue weighted by molar-refractivity contribution is 0.126. The van der Waals surface area contributed by atoms with Gasteiger partial charge in [0.1, 0.15) is 0 Å². The van der Waals surface area contributed by atoms with E-state index in [0.29, 0.717) is 11.8 Å². The van der Waals surface area contributed by atoms with Crippen LogP contribution in [0, 0.1) is 18.3 Å². The molecule has 0 aliphatic carbocycles. The zero-order valence-electron chi connectivity index (χ0n) is 14.1. The van der Waals surface area contributed by atoms with Crippen LogP contribution in [-0.2, 0) is 4.74 Å². The van der Waals surface area contributed by atoms with Gasteiger partial charge in [0.25, 0.3) is 0 Å². The highest BCUT2D eigenvalue weighted by Gasteiger charge is 2.52. The fraction of sp³-hybridized carbons (Fsp3) is 0.765. The standard InChI is InChI=1S/C17H26N4O2/c1-13-7-15(22-2)19-16(18-13)21-8-14-9-23-12-17(14,11-21)10-20-5-3-4-6-20/h7,14H,3-6,8-12H2,1-2H3/t14-,17+/m1/s1. The minimum Gasteiger partial charge on any atom is -0.481 e. The van der Waals surface area contributed by atoms with Gasteiger partial charge in [-0.1, -0.05) is 0 Å². The van der Waals surface area contributed by atoms with Crippen LogP contribution in [0.25, 0.3) is 0 Å². The molecule has 0 radical (unpaired) electrons. The number of fused-ring (bicyclic) bond motifs is 1. The maximum absolute atomic E-state index is 5.86. The average Bonchev–Trinajstić information content (AvgIpc) is 3.22. The monoisotopic (exact) mass is 318 g/mol. The van der Waals surface area contributed by atoms with Gasteiger partial charge < -0.3 is 19.3 Å². The Morgan fingerprint density at radius 2 is 2.17 bits per heavy atom. The quantitative estimate of drug-likeness (QED) is 0.835. The number of anilines is 1. The number of hydrogen-bond donors (Lipinski definition) is 0. The second kappa shape index (κ2) is 5.91. The summed E-state index contributed by atoms with van der Waals surface area (Å²) in [5, 5.41) is 0. The topological polar surface area (TPSA) is 50.7 Å². The molecule has 1 aromatic heterocycles. The second-order valence-corrected chi connectivity index (χ2v) is 7.29. The first kappa shape index (κ1) is 15.1. The lowest BCUT2D eigenvalue weighted by Gasteiger charge is -2.32. The molecule has 4 rings (SSSR count). The van der Waals surface area contributed by atoms with Gasteiger partial charge in [-0.15, -0.1) is 0 Å². The normalized spacial score (nSPS) is 30.9. The van der Waals surface area contributed by atoms with Crippen molar-refractivity contribution in [1.82, 2.24) is 14.9 Å². The van der Waals surface area contributed by atoms with Crippen molar-refractivity contribution >= 4 is 5.95 Å². The van der Waals surface area contributed by atoms with Crippen molar-refractivity contribution in [3.63, 3.8) is 0 Å². The van der Waals surface area contributed by atoms with E-state index >= 15 is 0 Å². The number of nitrogens with zero attached hydrogens (tertiary/aromatic N) is 4. The fourth-order valence-electron chi connectivity index (χ4n) is 4.36. The van der Waals surface area contributed by atoms with Gasteiger partial charge in [-0.2, -0.15) is 4.98 Å². The smallest absolute Gasteiger partial charge is 0.228 e. The summed E-state index contributed by atoms with van der Waals surface area (Å²) in [5.41, 5.74) is 1.19. The SMILES string of the molecule is COc1cc(C)nc(N2C[C@@H]3COC[C@]3(CN3CCCC3)C2)n1. The summed E-state index contributed by atoms with van der Waals surface area (Å²) in [6.07, 6.45) is 2.67. The van der Waals surface area contributed by atoms with E-state index in [-0.39, 0.29) is 5.41 Å². The predicted molar refractivity (Wildman–Crippen MR) is 88.0 cm³/mol. The van der Waals surface area contributed by atoms with E-state index < -0.39 is 0 Å². The molecule has 4 heterocycles. The highest BCUT2D eigenvalue weighted by Crippen LogP contribution is 2.43. The average molecular weight is 318 g/mol. The van der Waals surface area contributed by atoms with Crippen LogP contribution in [0.1, 0.15) is 18.5 Å². The third kappa shape index (κ3) is 2.78. The number of aromatic nitrogens is 2. The molecule has 3 aliphatic rings. The summed E-state index contributed by atoms with van der Waals surface area (Å²) >= 11 is 0. The van der Waals surface area contributed by atoms with Gasteiger partial charge >= 0.3 is 0 Å². The summed E-state index contributed by atoms with van der Waals surface area (Å²) in [4.78, 5) is 14.1. The van der Waals surface area contributed by atoms with Crippen molar-refractivity contribution in [3.05, 3.63) is 11.8 Å². The molecule has 3 saturated heterocycles. The molecule has 23 heavy (non-hydrogen) atoms. The van der Waals surface area contributed by atoms with Gasteiger partial charge in [-0.05, 0) is 32.9 Å². The summed E-state index contributed by atoms with van der Waals surface area (Å²) in [5.74, 6) is 2.03. The Balaban J connectivity index is 1.55. The molecule has 6 heteroatoms. The Labute approximate surface area is 137 Å². The third-order valence-electron chi connectivity index (χ3n) is 5.57. The van der Waals surface area contributed by atoms with Crippen LogP contribution >= 0.6 is 0 Å². The summed E-state index contributed by atoms with van der Waals surface area (Å²) in [7, 11) is 1.66. The molecule has 3 aliphatic heterocycles. The lowest BCUT2D eigenvalue weighted by Crippen LogP contribution is -2.42. The molecule has 2 atom stereocenters. The Hall–Kier alpha value is -1.40. The largest absolute Gasteiger partial charge is 0.481 e. The molecule has 0 amide bonds. The first-order chi connectivity index (χ1) is 11.2. The van der Waals surface area contributed by atoms with Crippen LogP contribution in [0.3, 0.4) is 0 Å². The highest BCUT2D eigenvalue weighted by atomic mass is 16.5. The van der Waals surface area contributed by atoms with E-state index in [0.717, 1.165) is 44.5 Å². The molecule has 3 fully saturated rings. The van der Waals surface area contributed by atoms with Crippen LogP contribution in [0.5, 0.6) is 5.88 Å². The van der Waals surface area contributed by atoms with Gasteiger partial charge in [0, 0.05) is 42.7 Å². The van der Waals surface area contributed by atoms with Crippen LogP contribution < -0.4 is 9.64 Å². The predicted octanol–water partition coefficient (Wildman–Crippen LogP) is 1.34. The minimum absolute atomic E-state index is 0.241. The van der Waals surface area contributed by atoms with Gasteiger partial charge in [0.15, 0.2) is 0 Å². The molecule has 126 valence electrons. The molecule has 0 saturated carbocycles. The molecule has 0 unspecified atom stereocenters. The summed E-state index contributed by atoms with van der Waals surface area (Å²) in [6, 6.07) is 1.88. The fourth-order valence-corrected chi connectivity index (χ4v) is 4.36. The summed E-state index contributed by atoms with van der Waals surface area (Å²) in [6.45, 7) is 9.33. The zero-order valence-corrected chi connectivity index (χ0v) is 14.1. The van der Waals surface area contributed by atoms with E-state index in [1.807, 2.05) is 13.0 Å². The van der Waals surface area contributed by atoms with Crippen molar-refractivity contribution in [2.45, 2.75) is 19.8 Å². The third-order valence-corrected chi connectivity index (χ3v) is 5.57. The number of ether oxygens (including phenoxy) is 2. The Morgan fingerprint density at radius 1 is 1.35 bits per heavy atom. The van der Waals surface area contributed by atoms with E-state index in [1.165, 1.54) is 25.9 Å². The van der Waals surface area contributed by atoms with Crippen molar-refractivity contribution in [2.75, 3.05) is 57.9 Å². The van der Waals surface area contributed by atoms with Crippen LogP contribution in [-0.4, -0.2) is 67.9 Å². The highest BCUT2D eigenvalue weighted by molar-refractivity contribution is 5.38. The van der Waals surface area contributed by atoms with Gasteiger partial charge in [0.05, 0.1) is 20.3 Å². The van der Waals surface area contributed by atoms with Gasteiger partial charge in [0.2, 0.25) is 11.8 Å². The van der Waals surface area contributed by atoms with E-state index in [1.54, 1.807) is 7.11 Å². The Morgan fingerprint density at radius 3 is 2.96 bits per heavy atom. The van der Waals surface area contributed by atoms with Crippen molar-refractivity contribution in [3.8, 4) is 5.88 Å². The number of rotatable bonds is 4. The lowest BCUT2D eigenvalue weighted by atomic mass is 9.80. The Bertz CT molecular complexity index is 576. The number of likely N-dealkylation sites (tertiary alicyclic amines) is 1. The number of hydrogen-bond acceptors (Lipinski definition) is 6. The van der Waals surface area contributed by atoms with E-state index in [9.17, 15) is 0 Å². The molecule has 0 spiro atoms. The molecule has 1 aromatic rings. The molecular weight excluding hydrogens is 292 g/mol. The zero-order chi connectivity index (χ0) is 15.9. The molecule has 0 N–H and O–H groups in total. The van der Waals surface area contributed by atoms with Crippen LogP contribution in [0.4, 0.5) is 5.95 Å². The van der Waals surface area contributed by atoms with Gasteiger partial charge in [-0.25, -0.2) is 4.98 Å². The molecule has 0 aromatic carbocycles. The maximum atomic E-state index is 5.86. The minimum atomic E-state index is 0.241. The number of aryl methyl sites for hydroxylation is 1. The Kier molecular flexibility index (Phi) is 3.89. The van der Waals surface area contributed by atoms with Crippen LogP contribution in [0.2, 0.25) is 0 Å². The molecule has 6 nitrogen and oxygen atoms in total. The van der Waals surface area contributed by atoms with Gasteiger partial charge in [-0.3, -0.25) is 0 Å². The van der Waals surface area contributed by atoms with Crippen molar-refractivity contribution in [1.29, 1.82) is 0 Å². The van der Waals surface area contributed by atoms with Crippen molar-refractivity contribution in [2.24, 2.45) is 11.3 Å².